The first-order chi connectivity index (χ1) is 5.55. The minimum absolute atomic E-state index is 0. The van der Waals surface area contributed by atoms with E-state index in [-0.39, 0.29) is 61.8 Å². The SMILES string of the molecule is O=Cc1ccccc1S(=O)(=O)O.[KH]. The first-order valence-corrected chi connectivity index (χ1v) is 4.51. The molecule has 0 aliphatic rings. The molecule has 13 heavy (non-hydrogen) atoms. The number of rotatable bonds is 2. The molecule has 0 saturated heterocycles. The zero-order chi connectivity index (χ0) is 9.19. The van der Waals surface area contributed by atoms with Crippen LogP contribution in [0, 0.1) is 0 Å². The average Bonchev–Trinajstić information content (AvgIpc) is 2.03. The second-order valence-electron chi connectivity index (χ2n) is 2.13. The molecule has 0 aliphatic heterocycles. The summed E-state index contributed by atoms with van der Waals surface area (Å²) >= 11 is 0. The van der Waals surface area contributed by atoms with Crippen molar-refractivity contribution in [2.24, 2.45) is 0 Å². The topological polar surface area (TPSA) is 71.4 Å². The van der Waals surface area contributed by atoms with Crippen molar-refractivity contribution in [2.45, 2.75) is 4.90 Å². The van der Waals surface area contributed by atoms with Crippen molar-refractivity contribution in [3.05, 3.63) is 29.8 Å². The number of carbonyl (C=O) groups is 1. The molecule has 0 amide bonds. The summed E-state index contributed by atoms with van der Waals surface area (Å²) in [5.74, 6) is 0. The number of hydrogen-bond acceptors (Lipinski definition) is 3. The van der Waals surface area contributed by atoms with Crippen LogP contribution in [-0.2, 0) is 10.1 Å². The molecule has 0 radical (unpaired) electrons. The number of hydrogen-bond donors (Lipinski definition) is 1. The van der Waals surface area contributed by atoms with Gasteiger partial charge in [0.1, 0.15) is 4.90 Å². The van der Waals surface area contributed by atoms with E-state index in [0.29, 0.717) is 6.29 Å². The van der Waals surface area contributed by atoms with E-state index in [0.717, 1.165) is 0 Å². The Kier molecular flexibility index (Phi) is 5.53. The Balaban J connectivity index is 0.00000144. The van der Waals surface area contributed by atoms with E-state index in [4.69, 9.17) is 4.55 Å². The average molecular weight is 226 g/mol. The van der Waals surface area contributed by atoms with E-state index in [1.807, 2.05) is 0 Å². The first kappa shape index (κ1) is 13.4. The van der Waals surface area contributed by atoms with Gasteiger partial charge in [0, 0.05) is 5.56 Å². The quantitative estimate of drug-likeness (QED) is 0.441. The molecule has 1 aromatic carbocycles. The Hall–Kier alpha value is 0.436. The number of benzene rings is 1. The maximum absolute atomic E-state index is 10.6. The number of aldehydes is 1. The molecule has 0 aromatic heterocycles. The second kappa shape index (κ2) is 5.35. The van der Waals surface area contributed by atoms with Gasteiger partial charge in [0.2, 0.25) is 0 Å². The van der Waals surface area contributed by atoms with Crippen LogP contribution in [0.5, 0.6) is 0 Å². The molecular weight excluding hydrogens is 219 g/mol. The summed E-state index contributed by atoms with van der Waals surface area (Å²) in [5, 5.41) is 0. The molecule has 6 heteroatoms. The first-order valence-electron chi connectivity index (χ1n) is 3.07. The molecule has 0 heterocycles. The van der Waals surface area contributed by atoms with Gasteiger partial charge in [0.25, 0.3) is 10.1 Å². The molecule has 0 unspecified atom stereocenters. The molecule has 0 spiro atoms. The zero-order valence-electron chi connectivity index (χ0n) is 5.97. The van der Waals surface area contributed by atoms with Gasteiger partial charge in [-0.15, -0.1) is 0 Å². The Bertz CT molecular complexity index is 399. The third kappa shape index (κ3) is 3.59. The Morgan fingerprint density at radius 3 is 2.15 bits per heavy atom. The molecule has 1 N–H and O–H groups in total. The Morgan fingerprint density at radius 1 is 1.23 bits per heavy atom. The number of carbonyl (C=O) groups excluding carboxylic acids is 1. The van der Waals surface area contributed by atoms with Crippen molar-refractivity contribution in [3.8, 4) is 0 Å². The predicted octanol–water partition coefficient (Wildman–Crippen LogP) is 0.0973. The molecule has 0 bridgehead atoms. The van der Waals surface area contributed by atoms with Gasteiger partial charge in [-0.25, -0.2) is 0 Å². The van der Waals surface area contributed by atoms with Gasteiger partial charge in [-0.05, 0) is 6.07 Å². The summed E-state index contributed by atoms with van der Waals surface area (Å²) in [4.78, 5) is 9.94. The van der Waals surface area contributed by atoms with Crippen LogP contribution in [-0.4, -0.2) is 70.6 Å². The van der Waals surface area contributed by atoms with Crippen molar-refractivity contribution in [2.75, 3.05) is 0 Å². The molecule has 0 fully saturated rings. The second-order valence-corrected chi connectivity index (χ2v) is 3.52. The standard InChI is InChI=1S/C7H6O4S.K.H/c8-5-6-3-1-2-4-7(6)12(9,10)11;;/h1-5H,(H,9,10,11);;. The monoisotopic (exact) mass is 226 g/mol. The van der Waals surface area contributed by atoms with Crippen LogP contribution in [0.4, 0.5) is 0 Å². The van der Waals surface area contributed by atoms with E-state index < -0.39 is 10.1 Å². The van der Waals surface area contributed by atoms with Gasteiger partial charge in [0.05, 0.1) is 0 Å². The molecule has 0 atom stereocenters. The van der Waals surface area contributed by atoms with Crippen molar-refractivity contribution in [1.29, 1.82) is 0 Å². The molecule has 66 valence electrons. The normalized spacial score (nSPS) is 10.2. The molecule has 1 aromatic rings. The van der Waals surface area contributed by atoms with E-state index in [9.17, 15) is 13.2 Å². The van der Waals surface area contributed by atoms with Gasteiger partial charge in [0.15, 0.2) is 6.29 Å². The van der Waals surface area contributed by atoms with E-state index in [1.54, 1.807) is 0 Å². The van der Waals surface area contributed by atoms with Crippen molar-refractivity contribution in [3.63, 3.8) is 0 Å². The molecule has 0 saturated carbocycles. The van der Waals surface area contributed by atoms with Gasteiger partial charge < -0.3 is 0 Å². The predicted molar refractivity (Wildman–Crippen MR) is 48.8 cm³/mol. The van der Waals surface area contributed by atoms with E-state index in [2.05, 4.69) is 0 Å². The maximum atomic E-state index is 10.6. The van der Waals surface area contributed by atoms with Gasteiger partial charge in [-0.3, -0.25) is 9.35 Å². The minimum atomic E-state index is -4.28. The van der Waals surface area contributed by atoms with E-state index >= 15 is 0 Å². The van der Waals surface area contributed by atoms with Gasteiger partial charge in [-0.1, -0.05) is 18.2 Å². The van der Waals surface area contributed by atoms with Crippen LogP contribution in [0.15, 0.2) is 29.2 Å². The molecule has 1 rings (SSSR count). The molecule has 4 nitrogen and oxygen atoms in total. The Morgan fingerprint density at radius 2 is 1.77 bits per heavy atom. The van der Waals surface area contributed by atoms with Crippen LogP contribution in [0.2, 0.25) is 0 Å². The van der Waals surface area contributed by atoms with Crippen molar-refractivity contribution < 1.29 is 17.8 Å². The summed E-state index contributed by atoms with van der Waals surface area (Å²) in [7, 11) is -4.28. The van der Waals surface area contributed by atoms with Gasteiger partial charge in [-0.2, -0.15) is 8.42 Å². The van der Waals surface area contributed by atoms with Crippen LogP contribution in [0.1, 0.15) is 10.4 Å². The zero-order valence-corrected chi connectivity index (χ0v) is 6.78. The molecule has 0 aliphatic carbocycles. The fraction of sp³-hybridized carbons (Fsp3) is 0. The third-order valence-electron chi connectivity index (χ3n) is 1.32. The summed E-state index contributed by atoms with van der Waals surface area (Å²) in [6.07, 6.45) is 0.378. The van der Waals surface area contributed by atoms with Crippen LogP contribution < -0.4 is 0 Å². The van der Waals surface area contributed by atoms with Crippen molar-refractivity contribution in [1.82, 2.24) is 0 Å². The van der Waals surface area contributed by atoms with Gasteiger partial charge >= 0.3 is 51.4 Å². The fourth-order valence-corrected chi connectivity index (χ4v) is 1.48. The van der Waals surface area contributed by atoms with Crippen LogP contribution in [0.25, 0.3) is 0 Å². The van der Waals surface area contributed by atoms with Crippen LogP contribution in [0.3, 0.4) is 0 Å². The van der Waals surface area contributed by atoms with E-state index in [1.165, 1.54) is 24.3 Å². The summed E-state index contributed by atoms with van der Waals surface area (Å²) < 4.78 is 29.8. The van der Waals surface area contributed by atoms with Crippen LogP contribution >= 0.6 is 0 Å². The summed E-state index contributed by atoms with van der Waals surface area (Å²) in [5.41, 5.74) is -0.0417. The summed E-state index contributed by atoms with van der Waals surface area (Å²) in [6, 6.07) is 5.42. The van der Waals surface area contributed by atoms with Crippen molar-refractivity contribution >= 4 is 67.8 Å². The third-order valence-corrected chi connectivity index (χ3v) is 2.25. The fourth-order valence-electron chi connectivity index (χ4n) is 0.813. The molecular formula is C7H7KO4S. The summed E-state index contributed by atoms with van der Waals surface area (Å²) in [6.45, 7) is 0. The Labute approximate surface area is 119 Å².